The summed E-state index contributed by atoms with van der Waals surface area (Å²) in [5, 5.41) is 7.69. The summed E-state index contributed by atoms with van der Waals surface area (Å²) in [7, 11) is 2.60. The summed E-state index contributed by atoms with van der Waals surface area (Å²) in [5.74, 6) is 1.95. The molecule has 0 saturated carbocycles. The second-order valence-electron chi connectivity index (χ2n) is 18.2. The predicted octanol–water partition coefficient (Wildman–Crippen LogP) is 9.04. The van der Waals surface area contributed by atoms with Crippen molar-refractivity contribution >= 4 is 46.1 Å². The number of carbonyl (C=O) groups is 4. The van der Waals surface area contributed by atoms with E-state index >= 15 is 0 Å². The van der Waals surface area contributed by atoms with Crippen LogP contribution in [0.5, 0.6) is 11.5 Å². The summed E-state index contributed by atoms with van der Waals surface area (Å²) < 4.78 is 16.4. The Balaban J connectivity index is 1.01. The van der Waals surface area contributed by atoms with Crippen LogP contribution in [0.2, 0.25) is 0 Å². The highest BCUT2D eigenvalue weighted by molar-refractivity contribution is 6.04. The van der Waals surface area contributed by atoms with Gasteiger partial charge in [0.15, 0.2) is 0 Å². The third kappa shape index (κ3) is 8.00. The Morgan fingerprint density at radius 3 is 2.06 bits per heavy atom. The smallest absolute Gasteiger partial charge is 0.407 e. The van der Waals surface area contributed by atoms with Crippen LogP contribution in [0.1, 0.15) is 115 Å². The lowest BCUT2D eigenvalue weighted by Gasteiger charge is -2.40. The average molecular weight is 872 g/mol. The van der Waals surface area contributed by atoms with E-state index in [9.17, 15) is 19.2 Å². The minimum atomic E-state index is -0.700. The lowest BCUT2D eigenvalue weighted by atomic mass is 9.67. The summed E-state index contributed by atoms with van der Waals surface area (Å²) in [5.41, 5.74) is 6.98. The molecule has 1 aromatic heterocycles. The molecule has 338 valence electrons. The molecular weight excluding hydrogens is 811 g/mol. The number of aromatic nitrogens is 2. The number of allylic oxidation sites excluding steroid dienone is 1. The van der Waals surface area contributed by atoms with E-state index in [2.05, 4.69) is 78.0 Å². The van der Waals surface area contributed by atoms with Gasteiger partial charge in [0, 0.05) is 53.5 Å². The van der Waals surface area contributed by atoms with Crippen LogP contribution in [0.3, 0.4) is 0 Å². The summed E-state index contributed by atoms with van der Waals surface area (Å²) in [6.45, 7) is 13.4. The fourth-order valence-corrected chi connectivity index (χ4v) is 10.4. The van der Waals surface area contributed by atoms with Crippen LogP contribution in [0.15, 0.2) is 65.9 Å². The zero-order valence-corrected chi connectivity index (χ0v) is 38.2. The second kappa shape index (κ2) is 18.1. The van der Waals surface area contributed by atoms with Gasteiger partial charge in [-0.25, -0.2) is 14.6 Å². The van der Waals surface area contributed by atoms with Gasteiger partial charge in [-0.3, -0.25) is 14.6 Å². The Morgan fingerprint density at radius 1 is 0.812 bits per heavy atom. The van der Waals surface area contributed by atoms with Gasteiger partial charge >= 0.3 is 12.2 Å². The van der Waals surface area contributed by atoms with E-state index in [1.165, 1.54) is 19.8 Å². The number of carbonyl (C=O) groups excluding carboxylic acids is 4. The summed E-state index contributed by atoms with van der Waals surface area (Å²) in [4.78, 5) is 68.6. The molecule has 2 saturated heterocycles. The molecule has 0 radical (unpaired) electrons. The van der Waals surface area contributed by atoms with Crippen molar-refractivity contribution in [3.05, 3.63) is 83.4 Å². The second-order valence-corrected chi connectivity index (χ2v) is 18.2. The summed E-state index contributed by atoms with van der Waals surface area (Å²) >= 11 is 0. The molecule has 0 aliphatic carbocycles. The largest absolute Gasteiger partial charge is 0.457 e. The number of benzene rings is 3. The number of H-pyrrole nitrogens is 1. The fraction of sp³-hybridized carbons (Fsp3) is 0.480. The first kappa shape index (κ1) is 44.4. The zero-order chi connectivity index (χ0) is 45.4. The molecule has 14 nitrogen and oxygen atoms in total. The number of aliphatic imine (C=N–C) groups is 1. The van der Waals surface area contributed by atoms with Crippen molar-refractivity contribution in [2.24, 2.45) is 16.8 Å². The highest BCUT2D eigenvalue weighted by Crippen LogP contribution is 2.55. The van der Waals surface area contributed by atoms with Gasteiger partial charge in [-0.1, -0.05) is 71.9 Å². The van der Waals surface area contributed by atoms with E-state index in [4.69, 9.17) is 24.2 Å². The van der Waals surface area contributed by atoms with Gasteiger partial charge in [0.25, 0.3) is 0 Å². The minimum absolute atomic E-state index is 0.101. The number of nitrogens with one attached hydrogen (secondary N) is 3. The summed E-state index contributed by atoms with van der Waals surface area (Å²) in [6.07, 6.45) is 8.23. The van der Waals surface area contributed by atoms with E-state index in [0.29, 0.717) is 19.5 Å². The maximum atomic E-state index is 13.8. The Kier molecular flexibility index (Phi) is 12.6. The lowest BCUT2D eigenvalue weighted by Crippen LogP contribution is -2.53. The van der Waals surface area contributed by atoms with Crippen molar-refractivity contribution in [2.45, 2.75) is 116 Å². The first-order chi connectivity index (χ1) is 30.8. The topological polar surface area (TPSA) is 168 Å². The Labute approximate surface area is 375 Å². The number of imidazole rings is 1. The molecule has 2 fully saturated rings. The van der Waals surface area contributed by atoms with Crippen molar-refractivity contribution in [1.82, 2.24) is 30.4 Å². The number of aromatic amines is 1. The molecule has 64 heavy (non-hydrogen) atoms. The number of fused-ring (bicyclic) bond motifs is 4. The van der Waals surface area contributed by atoms with Gasteiger partial charge in [-0.2, -0.15) is 0 Å². The van der Waals surface area contributed by atoms with Crippen LogP contribution in [0.4, 0.5) is 9.59 Å². The van der Waals surface area contributed by atoms with Gasteiger partial charge in [0.2, 0.25) is 11.8 Å². The molecule has 4 amide bonds. The van der Waals surface area contributed by atoms with E-state index in [0.717, 1.165) is 100 Å². The van der Waals surface area contributed by atoms with E-state index in [1.54, 1.807) is 0 Å². The number of alkyl carbamates (subject to hydrolysis) is 2. The molecule has 0 unspecified atom stereocenters. The SMILES string of the molecule is CCC1(CC)c2ccc(C3=CN=C([C@@H]4CCCN4C(=O)[C@H](NC(=O)OC)C(C)C)C3)cc2Oc2ccc3cc(-c4cnc([C@@H]5CCCN5C(=O)[C@@H](NC(=O)OC)C(C)C)[nH]4)ccc3c21. The molecular formula is C50H61N7O7. The van der Waals surface area contributed by atoms with Gasteiger partial charge in [-0.05, 0) is 90.5 Å². The van der Waals surface area contributed by atoms with E-state index in [-0.39, 0.29) is 41.1 Å². The number of hydrogen-bond acceptors (Lipinski definition) is 9. The molecule has 4 atom stereocenters. The van der Waals surface area contributed by atoms with Gasteiger partial charge in [0.05, 0.1) is 38.2 Å². The van der Waals surface area contributed by atoms with Gasteiger partial charge in [0.1, 0.15) is 29.4 Å². The van der Waals surface area contributed by atoms with Crippen LogP contribution in [0.25, 0.3) is 27.6 Å². The van der Waals surface area contributed by atoms with Crippen LogP contribution in [0, 0.1) is 11.8 Å². The molecule has 5 heterocycles. The number of rotatable bonds is 12. The lowest BCUT2D eigenvalue weighted by molar-refractivity contribution is -0.135. The van der Waals surface area contributed by atoms with E-state index < -0.39 is 24.3 Å². The van der Waals surface area contributed by atoms with Crippen LogP contribution < -0.4 is 15.4 Å². The normalized spacial score (nSPS) is 19.7. The standard InChI is InChI=1S/C50H61N7O7/c1-9-50(10-2)35-19-16-30(33-24-36(51-26-33)38-13-11-21-56(38)46(58)43(28(3)4)54-48(60)62-7)25-41(35)64-40-20-17-31-23-32(15-18-34(31)42(40)50)37-27-52-45(53-37)39-14-12-22-57(39)47(59)44(29(5)6)55-49(61)63-8/h15-20,23,25-29,38-39,43-44H,9-14,21-22,24H2,1-8H3,(H,52,53)(H,54,60)(H,55,61)/t38-,39-,43+,44-/m0/s1. The number of hydrogen-bond donors (Lipinski definition) is 3. The van der Waals surface area contributed by atoms with Crippen molar-refractivity contribution in [2.75, 3.05) is 27.3 Å². The maximum Gasteiger partial charge on any atom is 0.407 e. The van der Waals surface area contributed by atoms with Crippen LogP contribution >= 0.6 is 0 Å². The first-order valence-corrected chi connectivity index (χ1v) is 22.8. The first-order valence-electron chi connectivity index (χ1n) is 22.8. The van der Waals surface area contributed by atoms with Crippen molar-refractivity contribution in [3.63, 3.8) is 0 Å². The van der Waals surface area contributed by atoms with Gasteiger partial charge < -0.3 is 39.6 Å². The highest BCUT2D eigenvalue weighted by Gasteiger charge is 2.43. The molecule has 4 aromatic rings. The monoisotopic (exact) mass is 871 g/mol. The van der Waals surface area contributed by atoms with Gasteiger partial charge in [-0.15, -0.1) is 0 Å². The quantitative estimate of drug-likeness (QED) is 0.127. The molecule has 3 N–H and O–H groups in total. The Morgan fingerprint density at radius 2 is 1.44 bits per heavy atom. The molecule has 4 aliphatic heterocycles. The molecule has 4 aliphatic rings. The molecule has 14 heteroatoms. The Bertz CT molecular complexity index is 2520. The average Bonchev–Trinajstić information content (AvgIpc) is 4.15. The number of methoxy groups -OCH3 is 2. The van der Waals surface area contributed by atoms with Crippen molar-refractivity contribution in [1.29, 1.82) is 0 Å². The third-order valence-corrected chi connectivity index (χ3v) is 14.0. The van der Waals surface area contributed by atoms with Crippen LogP contribution in [-0.4, -0.2) is 94.9 Å². The molecule has 0 spiro atoms. The maximum absolute atomic E-state index is 13.8. The van der Waals surface area contributed by atoms with Crippen molar-refractivity contribution < 1.29 is 33.4 Å². The third-order valence-electron chi connectivity index (χ3n) is 14.0. The molecule has 3 aromatic carbocycles. The zero-order valence-electron chi connectivity index (χ0n) is 38.2. The molecule has 0 bridgehead atoms. The highest BCUT2D eigenvalue weighted by atomic mass is 16.5. The Hall–Kier alpha value is -6.18. The molecule has 8 rings (SSSR count). The number of ether oxygens (including phenoxy) is 3. The fourth-order valence-electron chi connectivity index (χ4n) is 10.4. The van der Waals surface area contributed by atoms with Crippen molar-refractivity contribution in [3.8, 4) is 22.8 Å². The number of nitrogens with zero attached hydrogens (tertiary/aromatic N) is 4. The number of amides is 4. The predicted molar refractivity (Wildman–Crippen MR) is 246 cm³/mol. The number of likely N-dealkylation sites (tertiary alicyclic amines) is 2. The summed E-state index contributed by atoms with van der Waals surface area (Å²) in [6, 6.07) is 15.5. The van der Waals surface area contributed by atoms with E-state index in [1.807, 2.05) is 49.9 Å². The minimum Gasteiger partial charge on any atom is -0.457 e. The van der Waals surface area contributed by atoms with Crippen LogP contribution in [-0.2, 0) is 24.5 Å².